The molecule has 0 aromatic heterocycles. The summed E-state index contributed by atoms with van der Waals surface area (Å²) in [6.45, 7) is 11.0. The van der Waals surface area contributed by atoms with Gasteiger partial charge in [-0.05, 0) is 73.2 Å². The molecular formula is C30H40FN3O4. The number of carbonyl (C=O) groups is 1. The third kappa shape index (κ3) is 5.91. The van der Waals surface area contributed by atoms with Crippen LogP contribution in [-0.2, 0) is 10.2 Å². The molecule has 1 amide bonds. The number of hydrogen-bond donors (Lipinski definition) is 2. The van der Waals surface area contributed by atoms with Crippen LogP contribution in [0.3, 0.4) is 0 Å². The van der Waals surface area contributed by atoms with E-state index < -0.39 is 18.0 Å². The number of carbonyl (C=O) groups excluding carboxylic acids is 1. The first-order chi connectivity index (χ1) is 18.2. The Morgan fingerprint density at radius 3 is 2.53 bits per heavy atom. The molecule has 0 aliphatic carbocycles. The van der Waals surface area contributed by atoms with Crippen molar-refractivity contribution in [3.8, 4) is 11.5 Å². The summed E-state index contributed by atoms with van der Waals surface area (Å²) in [6, 6.07) is 11.0. The van der Waals surface area contributed by atoms with E-state index in [0.29, 0.717) is 37.6 Å². The second kappa shape index (κ2) is 11.1. The molecule has 38 heavy (non-hydrogen) atoms. The number of nitrogens with one attached hydrogen (secondary N) is 1. The Kier molecular flexibility index (Phi) is 7.82. The molecule has 5 rings (SSSR count). The van der Waals surface area contributed by atoms with Gasteiger partial charge in [-0.3, -0.25) is 4.79 Å². The lowest BCUT2D eigenvalue weighted by atomic mass is 9.87. The summed E-state index contributed by atoms with van der Waals surface area (Å²) in [5, 5.41) is 14.5. The number of halogens is 1. The van der Waals surface area contributed by atoms with Crippen LogP contribution in [0.2, 0.25) is 0 Å². The number of rotatable bonds is 7. The summed E-state index contributed by atoms with van der Waals surface area (Å²) >= 11 is 0. The molecule has 3 aliphatic heterocycles. The Morgan fingerprint density at radius 1 is 1.11 bits per heavy atom. The lowest BCUT2D eigenvalue weighted by Crippen LogP contribution is -2.48. The monoisotopic (exact) mass is 525 g/mol. The number of ether oxygens (including phenoxy) is 2. The minimum atomic E-state index is -1.08. The van der Waals surface area contributed by atoms with E-state index in [9.17, 15) is 14.3 Å². The van der Waals surface area contributed by atoms with E-state index in [1.165, 1.54) is 11.6 Å². The van der Waals surface area contributed by atoms with Gasteiger partial charge in [0.1, 0.15) is 19.3 Å². The smallest absolute Gasteiger partial charge is 0.225 e. The zero-order chi connectivity index (χ0) is 26.9. The van der Waals surface area contributed by atoms with E-state index in [0.717, 1.165) is 44.6 Å². The van der Waals surface area contributed by atoms with Crippen molar-refractivity contribution in [2.24, 2.45) is 5.92 Å². The molecule has 0 spiro atoms. The number of aliphatic hydroxyl groups is 1. The summed E-state index contributed by atoms with van der Waals surface area (Å²) in [5.41, 5.74) is 2.87. The molecule has 7 nitrogen and oxygen atoms in total. The quantitative estimate of drug-likeness (QED) is 0.569. The van der Waals surface area contributed by atoms with Crippen LogP contribution in [0.25, 0.3) is 0 Å². The Labute approximate surface area is 224 Å². The minimum absolute atomic E-state index is 0.0694. The highest BCUT2D eigenvalue weighted by Gasteiger charge is 2.34. The van der Waals surface area contributed by atoms with Crippen molar-refractivity contribution in [2.45, 2.75) is 57.6 Å². The van der Waals surface area contributed by atoms with Crippen molar-refractivity contribution < 1.29 is 23.8 Å². The highest BCUT2D eigenvalue weighted by molar-refractivity contribution is 5.80. The van der Waals surface area contributed by atoms with Gasteiger partial charge in [0.15, 0.2) is 17.3 Å². The van der Waals surface area contributed by atoms with Crippen molar-refractivity contribution in [3.63, 3.8) is 0 Å². The Morgan fingerprint density at radius 2 is 1.82 bits per heavy atom. The number of fused-ring (bicyclic) bond motifs is 1. The van der Waals surface area contributed by atoms with E-state index in [2.05, 4.69) is 60.2 Å². The zero-order valence-corrected chi connectivity index (χ0v) is 22.7. The fourth-order valence-electron chi connectivity index (χ4n) is 5.68. The average Bonchev–Trinajstić information content (AvgIpc) is 3.60. The van der Waals surface area contributed by atoms with Crippen molar-refractivity contribution in [1.82, 2.24) is 10.2 Å². The standard InChI is InChI=1S/C30H40FN3O4/c1-30(2,3)22-6-8-23(9-7-22)34-13-10-20(18-34)29(36)32-25(19-33-11-4-5-12-33)27(35)21-16-24(31)28-26(17-21)37-14-15-38-28/h6-9,16-17,20,25,27,35H,4-5,10-15,18-19H2,1-3H3,(H,32,36)/t20-,25-,27-/m1/s1. The molecule has 206 valence electrons. The summed E-state index contributed by atoms with van der Waals surface area (Å²) in [7, 11) is 0. The lowest BCUT2D eigenvalue weighted by Gasteiger charge is -2.30. The van der Waals surface area contributed by atoms with Gasteiger partial charge in [-0.1, -0.05) is 32.9 Å². The van der Waals surface area contributed by atoms with Crippen molar-refractivity contribution in [2.75, 3.05) is 50.8 Å². The van der Waals surface area contributed by atoms with Gasteiger partial charge in [0.2, 0.25) is 5.91 Å². The molecule has 0 bridgehead atoms. The maximum Gasteiger partial charge on any atom is 0.225 e. The summed E-state index contributed by atoms with van der Waals surface area (Å²) in [4.78, 5) is 17.9. The van der Waals surface area contributed by atoms with Gasteiger partial charge < -0.3 is 29.7 Å². The third-order valence-corrected chi connectivity index (χ3v) is 7.98. The molecule has 2 aromatic carbocycles. The van der Waals surface area contributed by atoms with Crippen LogP contribution in [-0.4, -0.2) is 67.9 Å². The number of aliphatic hydroxyl groups excluding tert-OH is 1. The highest BCUT2D eigenvalue weighted by atomic mass is 19.1. The summed E-state index contributed by atoms with van der Waals surface area (Å²) in [6.07, 6.45) is 1.87. The predicted octanol–water partition coefficient (Wildman–Crippen LogP) is 4.03. The molecule has 8 heteroatoms. The topological polar surface area (TPSA) is 74.3 Å². The third-order valence-electron chi connectivity index (χ3n) is 7.98. The maximum absolute atomic E-state index is 14.7. The van der Waals surface area contributed by atoms with E-state index in [1.807, 2.05) is 0 Å². The molecule has 0 unspecified atom stereocenters. The normalized spacial score (nSPS) is 21.4. The van der Waals surface area contributed by atoms with Crippen LogP contribution >= 0.6 is 0 Å². The second-order valence-corrected chi connectivity index (χ2v) is 11.8. The van der Waals surface area contributed by atoms with Gasteiger partial charge in [0, 0.05) is 25.3 Å². The van der Waals surface area contributed by atoms with Gasteiger partial charge in [-0.2, -0.15) is 0 Å². The lowest BCUT2D eigenvalue weighted by molar-refractivity contribution is -0.126. The van der Waals surface area contributed by atoms with Gasteiger partial charge in [-0.15, -0.1) is 0 Å². The molecule has 3 atom stereocenters. The van der Waals surface area contributed by atoms with E-state index in [-0.39, 0.29) is 23.0 Å². The fourth-order valence-corrected chi connectivity index (χ4v) is 5.68. The first-order valence-electron chi connectivity index (χ1n) is 13.8. The zero-order valence-electron chi connectivity index (χ0n) is 22.7. The van der Waals surface area contributed by atoms with E-state index in [4.69, 9.17) is 9.47 Å². The van der Waals surface area contributed by atoms with Crippen LogP contribution in [0.15, 0.2) is 36.4 Å². The molecule has 3 heterocycles. The Balaban J connectivity index is 1.28. The van der Waals surface area contributed by atoms with Crippen LogP contribution in [0.4, 0.5) is 10.1 Å². The number of likely N-dealkylation sites (tertiary alicyclic amines) is 1. The van der Waals surface area contributed by atoms with Gasteiger partial charge in [0.25, 0.3) is 0 Å². The maximum atomic E-state index is 14.7. The number of nitrogens with zero attached hydrogens (tertiary/aromatic N) is 2. The van der Waals surface area contributed by atoms with Crippen molar-refractivity contribution in [1.29, 1.82) is 0 Å². The van der Waals surface area contributed by atoms with Crippen molar-refractivity contribution >= 4 is 11.6 Å². The van der Waals surface area contributed by atoms with E-state index >= 15 is 0 Å². The predicted molar refractivity (Wildman–Crippen MR) is 145 cm³/mol. The second-order valence-electron chi connectivity index (χ2n) is 11.8. The van der Waals surface area contributed by atoms with Crippen LogP contribution < -0.4 is 19.7 Å². The van der Waals surface area contributed by atoms with Gasteiger partial charge in [0.05, 0.1) is 12.0 Å². The number of hydrogen-bond acceptors (Lipinski definition) is 6. The molecule has 2 aromatic rings. The number of benzene rings is 2. The average molecular weight is 526 g/mol. The van der Waals surface area contributed by atoms with Crippen LogP contribution in [0.5, 0.6) is 11.5 Å². The summed E-state index contributed by atoms with van der Waals surface area (Å²) in [5.74, 6) is -0.441. The largest absolute Gasteiger partial charge is 0.486 e. The number of amides is 1. The molecule has 2 fully saturated rings. The number of anilines is 1. The van der Waals surface area contributed by atoms with Crippen LogP contribution in [0.1, 0.15) is 57.3 Å². The Hall–Kier alpha value is -2.84. The molecule has 3 aliphatic rings. The highest BCUT2D eigenvalue weighted by Crippen LogP contribution is 2.37. The van der Waals surface area contributed by atoms with Gasteiger partial charge >= 0.3 is 0 Å². The SMILES string of the molecule is CC(C)(C)c1ccc(N2CC[C@@H](C(=O)N[C@H](CN3CCCC3)[C@H](O)c3cc(F)c4c(c3)OCCO4)C2)cc1. The molecule has 2 saturated heterocycles. The van der Waals surface area contributed by atoms with E-state index in [1.54, 1.807) is 6.07 Å². The van der Waals surface area contributed by atoms with Crippen molar-refractivity contribution in [3.05, 3.63) is 53.3 Å². The minimum Gasteiger partial charge on any atom is -0.486 e. The molecule has 0 saturated carbocycles. The first kappa shape index (κ1) is 26.8. The van der Waals surface area contributed by atoms with Gasteiger partial charge in [-0.25, -0.2) is 4.39 Å². The summed E-state index contributed by atoms with van der Waals surface area (Å²) < 4.78 is 25.7. The fraction of sp³-hybridized carbons (Fsp3) is 0.567. The molecule has 0 radical (unpaired) electrons. The molecule has 2 N–H and O–H groups in total. The first-order valence-corrected chi connectivity index (χ1v) is 13.8. The Bertz CT molecular complexity index is 1130. The molecular weight excluding hydrogens is 485 g/mol. The van der Waals surface area contributed by atoms with Crippen LogP contribution in [0, 0.1) is 11.7 Å².